The molecule has 1 saturated heterocycles. The van der Waals surface area contributed by atoms with Crippen molar-refractivity contribution in [1.82, 2.24) is 29.7 Å². The van der Waals surface area contributed by atoms with Gasteiger partial charge in [0.05, 0.1) is 12.3 Å². The third-order valence-corrected chi connectivity index (χ3v) is 6.62. The summed E-state index contributed by atoms with van der Waals surface area (Å²) in [6.07, 6.45) is 6.83. The summed E-state index contributed by atoms with van der Waals surface area (Å²) < 4.78 is 7.83. The normalized spacial score (nSPS) is 14.5. The van der Waals surface area contributed by atoms with E-state index in [1.165, 1.54) is 32.4 Å². The largest absolute Gasteiger partial charge is 0.494 e. The molecule has 176 valence electrons. The van der Waals surface area contributed by atoms with Crippen LogP contribution < -0.4 is 4.74 Å². The first-order valence-corrected chi connectivity index (χ1v) is 12.4. The number of fused-ring (bicyclic) bond motifs is 3. The Bertz CT molecular complexity index is 1430. The van der Waals surface area contributed by atoms with Crippen LogP contribution >= 0.6 is 0 Å². The Labute approximate surface area is 204 Å². The second-order valence-corrected chi connectivity index (χ2v) is 9.00. The van der Waals surface area contributed by atoms with Gasteiger partial charge in [0.2, 0.25) is 5.82 Å². The zero-order valence-electron chi connectivity index (χ0n) is 19.7. The van der Waals surface area contributed by atoms with Crippen molar-refractivity contribution in [2.75, 3.05) is 26.2 Å². The predicted molar refractivity (Wildman–Crippen MR) is 137 cm³/mol. The molecule has 0 spiro atoms. The lowest BCUT2D eigenvalue weighted by atomic mass is 10.0. The van der Waals surface area contributed by atoms with Crippen LogP contribution in [0.4, 0.5) is 0 Å². The molecule has 0 aliphatic carbocycles. The molecule has 0 amide bonds. The summed E-state index contributed by atoms with van der Waals surface area (Å²) >= 11 is 0. The first kappa shape index (κ1) is 21.7. The van der Waals surface area contributed by atoms with Crippen molar-refractivity contribution in [3.8, 4) is 28.5 Å². The van der Waals surface area contributed by atoms with Crippen molar-refractivity contribution in [3.05, 3.63) is 72.9 Å². The number of likely N-dealkylation sites (tertiary alicyclic amines) is 1. The second kappa shape index (κ2) is 9.80. The minimum Gasteiger partial charge on any atom is -0.494 e. The SMILES string of the molecule is c1ccc(-c2nnc3c4ccccc4c(-c4ccc(OCCCN5CCCCC5)cc4)nn23)nc1. The van der Waals surface area contributed by atoms with E-state index in [9.17, 15) is 0 Å². The summed E-state index contributed by atoms with van der Waals surface area (Å²) in [6, 6.07) is 22.1. The molecule has 5 aromatic rings. The fourth-order valence-electron chi connectivity index (χ4n) is 4.82. The molecule has 0 bridgehead atoms. The number of aromatic nitrogens is 5. The zero-order valence-corrected chi connectivity index (χ0v) is 19.7. The first-order chi connectivity index (χ1) is 17.4. The first-order valence-electron chi connectivity index (χ1n) is 12.4. The average Bonchev–Trinajstić information content (AvgIpc) is 3.36. The van der Waals surface area contributed by atoms with E-state index in [-0.39, 0.29) is 0 Å². The molecule has 0 unspecified atom stereocenters. The summed E-state index contributed by atoms with van der Waals surface area (Å²) in [7, 11) is 0. The Morgan fingerprint density at radius 3 is 2.40 bits per heavy atom. The Morgan fingerprint density at radius 2 is 1.60 bits per heavy atom. The van der Waals surface area contributed by atoms with Gasteiger partial charge in [0.1, 0.15) is 11.4 Å². The van der Waals surface area contributed by atoms with Gasteiger partial charge in [-0.1, -0.05) is 36.8 Å². The van der Waals surface area contributed by atoms with Gasteiger partial charge in [-0.25, -0.2) is 0 Å². The summed E-state index contributed by atoms with van der Waals surface area (Å²) in [5, 5.41) is 15.9. The highest BCUT2D eigenvalue weighted by atomic mass is 16.5. The molecule has 0 N–H and O–H groups in total. The van der Waals surface area contributed by atoms with Crippen LogP contribution in [-0.2, 0) is 0 Å². The Morgan fingerprint density at radius 1 is 0.800 bits per heavy atom. The van der Waals surface area contributed by atoms with E-state index in [1.54, 1.807) is 10.7 Å². The van der Waals surface area contributed by atoms with E-state index in [0.717, 1.165) is 58.7 Å². The van der Waals surface area contributed by atoms with Crippen LogP contribution in [0, 0.1) is 0 Å². The van der Waals surface area contributed by atoms with Crippen molar-refractivity contribution >= 4 is 16.4 Å². The van der Waals surface area contributed by atoms with Gasteiger partial charge in [-0.15, -0.1) is 10.2 Å². The number of benzene rings is 2. The van der Waals surface area contributed by atoms with E-state index >= 15 is 0 Å². The molecular weight excluding hydrogens is 436 g/mol. The molecule has 0 saturated carbocycles. The molecule has 4 heterocycles. The van der Waals surface area contributed by atoms with E-state index in [0.29, 0.717) is 5.82 Å². The van der Waals surface area contributed by atoms with Crippen LogP contribution in [0.25, 0.3) is 39.2 Å². The molecular formula is C28H28N6O. The van der Waals surface area contributed by atoms with E-state index < -0.39 is 0 Å². The van der Waals surface area contributed by atoms with Crippen LogP contribution in [0.1, 0.15) is 25.7 Å². The van der Waals surface area contributed by atoms with Crippen LogP contribution in [-0.4, -0.2) is 55.9 Å². The van der Waals surface area contributed by atoms with E-state index in [2.05, 4.69) is 44.3 Å². The Kier molecular flexibility index (Phi) is 6.07. The number of ether oxygens (including phenoxy) is 1. The van der Waals surface area contributed by atoms with Crippen LogP contribution in [0.2, 0.25) is 0 Å². The topological polar surface area (TPSA) is 68.4 Å². The third-order valence-electron chi connectivity index (χ3n) is 6.62. The number of nitrogens with zero attached hydrogens (tertiary/aromatic N) is 6. The van der Waals surface area contributed by atoms with Crippen LogP contribution in [0.3, 0.4) is 0 Å². The van der Waals surface area contributed by atoms with Crippen molar-refractivity contribution in [2.24, 2.45) is 0 Å². The molecule has 35 heavy (non-hydrogen) atoms. The molecule has 7 heteroatoms. The highest BCUT2D eigenvalue weighted by Gasteiger charge is 2.17. The lowest BCUT2D eigenvalue weighted by Crippen LogP contribution is -2.31. The van der Waals surface area contributed by atoms with Crippen molar-refractivity contribution in [1.29, 1.82) is 0 Å². The number of hydrogen-bond donors (Lipinski definition) is 0. The minimum absolute atomic E-state index is 0.626. The lowest BCUT2D eigenvalue weighted by molar-refractivity contribution is 0.205. The minimum atomic E-state index is 0.626. The summed E-state index contributed by atoms with van der Waals surface area (Å²) in [4.78, 5) is 7.00. The van der Waals surface area contributed by atoms with Crippen LogP contribution in [0.5, 0.6) is 5.75 Å². The third kappa shape index (κ3) is 4.47. The fraction of sp³-hybridized carbons (Fsp3) is 0.286. The monoisotopic (exact) mass is 464 g/mol. The lowest BCUT2D eigenvalue weighted by Gasteiger charge is -2.26. The molecule has 2 aromatic carbocycles. The van der Waals surface area contributed by atoms with Crippen molar-refractivity contribution < 1.29 is 4.74 Å². The molecule has 1 aliphatic rings. The standard InChI is InChI=1S/C28H28N6O/c1-6-17-33(18-7-1)19-8-20-35-22-14-12-21(13-15-22)26-23-9-2-3-10-24(23)27-30-31-28(34(27)32-26)25-11-4-5-16-29-25/h2-5,9-16H,1,6-8,17-20H2. The van der Waals surface area contributed by atoms with E-state index in [1.807, 2.05) is 42.5 Å². The van der Waals surface area contributed by atoms with Gasteiger partial charge >= 0.3 is 0 Å². The van der Waals surface area contributed by atoms with E-state index in [4.69, 9.17) is 9.84 Å². The van der Waals surface area contributed by atoms with Gasteiger partial charge in [0.15, 0.2) is 5.65 Å². The number of rotatable bonds is 7. The predicted octanol–water partition coefficient (Wildman–Crippen LogP) is 5.26. The molecule has 1 fully saturated rings. The summed E-state index contributed by atoms with van der Waals surface area (Å²) in [5.74, 6) is 1.51. The van der Waals surface area contributed by atoms with Crippen LogP contribution in [0.15, 0.2) is 72.9 Å². The molecule has 7 nitrogen and oxygen atoms in total. The van der Waals surface area contributed by atoms with Crippen molar-refractivity contribution in [2.45, 2.75) is 25.7 Å². The highest BCUT2D eigenvalue weighted by Crippen LogP contribution is 2.31. The maximum atomic E-state index is 6.03. The molecule has 6 rings (SSSR count). The van der Waals surface area contributed by atoms with Crippen molar-refractivity contribution in [3.63, 3.8) is 0 Å². The maximum Gasteiger partial charge on any atom is 0.203 e. The molecule has 1 aliphatic heterocycles. The Balaban J connectivity index is 1.26. The highest BCUT2D eigenvalue weighted by molar-refractivity contribution is 6.01. The van der Waals surface area contributed by atoms with Gasteiger partial charge < -0.3 is 9.64 Å². The molecule has 3 aromatic heterocycles. The zero-order chi connectivity index (χ0) is 23.5. The van der Waals surface area contributed by atoms with Gasteiger partial charge in [-0.2, -0.15) is 9.61 Å². The second-order valence-electron chi connectivity index (χ2n) is 9.00. The van der Waals surface area contributed by atoms with Gasteiger partial charge in [0.25, 0.3) is 0 Å². The molecule has 0 atom stereocenters. The molecule has 0 radical (unpaired) electrons. The van der Waals surface area contributed by atoms with Gasteiger partial charge in [-0.05, 0) is 68.8 Å². The average molecular weight is 465 g/mol. The number of hydrogen-bond acceptors (Lipinski definition) is 6. The summed E-state index contributed by atoms with van der Waals surface area (Å²) in [5.41, 5.74) is 3.35. The maximum absolute atomic E-state index is 6.03. The summed E-state index contributed by atoms with van der Waals surface area (Å²) in [6.45, 7) is 4.31. The smallest absolute Gasteiger partial charge is 0.203 e. The fourth-order valence-corrected chi connectivity index (χ4v) is 4.82. The quantitative estimate of drug-likeness (QED) is 0.306. The Hall–Kier alpha value is -3.84. The number of pyridine rings is 1. The van der Waals surface area contributed by atoms with Gasteiger partial charge in [-0.3, -0.25) is 4.98 Å². The number of piperidine rings is 1. The van der Waals surface area contributed by atoms with Gasteiger partial charge in [0, 0.05) is 29.1 Å².